The molecule has 0 atom stereocenters. The number of anilines is 1. The molecular weight excluding hydrogens is 349 g/mol. The molecule has 6 nitrogen and oxygen atoms in total. The van der Waals surface area contributed by atoms with Crippen LogP contribution in [0.15, 0.2) is 6.07 Å². The monoisotopic (exact) mass is 377 g/mol. The molecule has 24 heavy (non-hydrogen) atoms. The van der Waals surface area contributed by atoms with Gasteiger partial charge in [-0.15, -0.1) is 24.8 Å². The SMILES string of the molecule is CNCCCC(=O)NC1CCN(c2cc(C)nc(C)n2)CC1.Cl.Cl. The number of nitrogens with one attached hydrogen (secondary N) is 2. The lowest BCUT2D eigenvalue weighted by atomic mass is 10.0. The van der Waals surface area contributed by atoms with Crippen molar-refractivity contribution in [2.45, 2.75) is 45.6 Å². The molecule has 1 aromatic heterocycles. The van der Waals surface area contributed by atoms with Crippen molar-refractivity contribution >= 4 is 36.5 Å². The number of piperidine rings is 1. The van der Waals surface area contributed by atoms with Crippen molar-refractivity contribution in [1.82, 2.24) is 20.6 Å². The molecular formula is C16H29Cl2N5O. The van der Waals surface area contributed by atoms with Gasteiger partial charge in [-0.2, -0.15) is 0 Å². The molecule has 0 bridgehead atoms. The number of carbonyl (C=O) groups excluding carboxylic acids is 1. The van der Waals surface area contributed by atoms with Gasteiger partial charge in [0.2, 0.25) is 5.91 Å². The highest BCUT2D eigenvalue weighted by Crippen LogP contribution is 2.18. The Morgan fingerprint density at radius 1 is 1.25 bits per heavy atom. The van der Waals surface area contributed by atoms with Gasteiger partial charge in [0.05, 0.1) is 0 Å². The molecule has 0 radical (unpaired) electrons. The molecule has 0 aliphatic carbocycles. The molecule has 2 rings (SSSR count). The lowest BCUT2D eigenvalue weighted by molar-refractivity contribution is -0.122. The number of nitrogens with zero attached hydrogens (tertiary/aromatic N) is 3. The normalized spacial score (nSPS) is 14.5. The first-order chi connectivity index (χ1) is 10.6. The van der Waals surface area contributed by atoms with E-state index in [1.54, 1.807) is 0 Å². The molecule has 0 aromatic carbocycles. The van der Waals surface area contributed by atoms with Crippen molar-refractivity contribution in [3.8, 4) is 0 Å². The van der Waals surface area contributed by atoms with Gasteiger partial charge in [0, 0.05) is 37.3 Å². The third-order valence-electron chi connectivity index (χ3n) is 3.97. The van der Waals surface area contributed by atoms with E-state index in [4.69, 9.17) is 0 Å². The Hall–Kier alpha value is -1.11. The Morgan fingerprint density at radius 3 is 2.50 bits per heavy atom. The summed E-state index contributed by atoms with van der Waals surface area (Å²) in [5.74, 6) is 1.99. The molecule has 138 valence electrons. The summed E-state index contributed by atoms with van der Waals surface area (Å²) in [7, 11) is 1.91. The fourth-order valence-corrected chi connectivity index (χ4v) is 2.84. The Labute approximate surface area is 157 Å². The molecule has 2 heterocycles. The van der Waals surface area contributed by atoms with Crippen LogP contribution in [0.3, 0.4) is 0 Å². The van der Waals surface area contributed by atoms with Crippen molar-refractivity contribution in [3.05, 3.63) is 17.6 Å². The largest absolute Gasteiger partial charge is 0.356 e. The van der Waals surface area contributed by atoms with Crippen LogP contribution in [0, 0.1) is 13.8 Å². The third kappa shape index (κ3) is 7.20. The molecule has 0 spiro atoms. The Kier molecular flexibility index (Phi) is 10.9. The summed E-state index contributed by atoms with van der Waals surface area (Å²) in [5, 5.41) is 6.21. The number of hydrogen-bond donors (Lipinski definition) is 2. The molecule has 1 saturated heterocycles. The van der Waals surface area contributed by atoms with Gasteiger partial charge in [-0.05, 0) is 46.7 Å². The van der Waals surface area contributed by atoms with Crippen molar-refractivity contribution < 1.29 is 4.79 Å². The van der Waals surface area contributed by atoms with Crippen LogP contribution in [0.4, 0.5) is 5.82 Å². The maximum absolute atomic E-state index is 11.9. The highest BCUT2D eigenvalue weighted by atomic mass is 35.5. The zero-order valence-corrected chi connectivity index (χ0v) is 16.3. The van der Waals surface area contributed by atoms with Gasteiger partial charge in [-0.3, -0.25) is 4.79 Å². The van der Waals surface area contributed by atoms with E-state index in [1.165, 1.54) is 0 Å². The number of halogens is 2. The second-order valence-electron chi connectivity index (χ2n) is 5.95. The summed E-state index contributed by atoms with van der Waals surface area (Å²) >= 11 is 0. The third-order valence-corrected chi connectivity index (χ3v) is 3.97. The number of hydrogen-bond acceptors (Lipinski definition) is 5. The molecule has 1 aliphatic rings. The van der Waals surface area contributed by atoms with Crippen molar-refractivity contribution in [3.63, 3.8) is 0 Å². The fourth-order valence-electron chi connectivity index (χ4n) is 2.84. The molecule has 1 fully saturated rings. The van der Waals surface area contributed by atoms with Gasteiger partial charge >= 0.3 is 0 Å². The van der Waals surface area contributed by atoms with E-state index in [0.29, 0.717) is 12.5 Å². The number of carbonyl (C=O) groups is 1. The molecule has 2 N–H and O–H groups in total. The number of aryl methyl sites for hydroxylation is 2. The van der Waals surface area contributed by atoms with E-state index in [1.807, 2.05) is 27.0 Å². The lowest BCUT2D eigenvalue weighted by Gasteiger charge is -2.33. The van der Waals surface area contributed by atoms with Crippen LogP contribution >= 0.6 is 24.8 Å². The zero-order valence-electron chi connectivity index (χ0n) is 14.7. The summed E-state index contributed by atoms with van der Waals surface area (Å²) in [5.41, 5.74) is 1.00. The summed E-state index contributed by atoms with van der Waals surface area (Å²) in [6, 6.07) is 2.33. The highest BCUT2D eigenvalue weighted by Gasteiger charge is 2.21. The van der Waals surface area contributed by atoms with Gasteiger partial charge in [0.15, 0.2) is 0 Å². The number of aromatic nitrogens is 2. The first-order valence-electron chi connectivity index (χ1n) is 8.09. The van der Waals surface area contributed by atoms with Crippen LogP contribution in [0.25, 0.3) is 0 Å². The van der Waals surface area contributed by atoms with Crippen LogP contribution in [0.1, 0.15) is 37.2 Å². The molecule has 0 unspecified atom stereocenters. The van der Waals surface area contributed by atoms with Crippen molar-refractivity contribution in [2.75, 3.05) is 31.6 Å². The summed E-state index contributed by atoms with van der Waals surface area (Å²) in [6.45, 7) is 6.66. The van der Waals surface area contributed by atoms with Crippen LogP contribution in [-0.2, 0) is 4.79 Å². The van der Waals surface area contributed by atoms with Crippen LogP contribution in [0.2, 0.25) is 0 Å². The Bertz CT molecular complexity index is 487. The predicted octanol–water partition coefficient (Wildman–Crippen LogP) is 2.02. The zero-order chi connectivity index (χ0) is 15.9. The Balaban J connectivity index is 0.00000264. The first-order valence-corrected chi connectivity index (χ1v) is 8.09. The van der Waals surface area contributed by atoms with E-state index in [-0.39, 0.29) is 30.7 Å². The topological polar surface area (TPSA) is 70.2 Å². The maximum atomic E-state index is 11.9. The fraction of sp³-hybridized carbons (Fsp3) is 0.688. The highest BCUT2D eigenvalue weighted by molar-refractivity contribution is 5.85. The average Bonchev–Trinajstić information content (AvgIpc) is 2.47. The minimum absolute atomic E-state index is 0. The van der Waals surface area contributed by atoms with Crippen molar-refractivity contribution in [2.24, 2.45) is 0 Å². The Morgan fingerprint density at radius 2 is 1.92 bits per heavy atom. The summed E-state index contributed by atoms with van der Waals surface area (Å²) < 4.78 is 0. The van der Waals surface area contributed by atoms with E-state index < -0.39 is 0 Å². The van der Waals surface area contributed by atoms with Crippen LogP contribution in [0.5, 0.6) is 0 Å². The van der Waals surface area contributed by atoms with E-state index in [9.17, 15) is 4.79 Å². The van der Waals surface area contributed by atoms with E-state index >= 15 is 0 Å². The van der Waals surface area contributed by atoms with Crippen LogP contribution < -0.4 is 15.5 Å². The average molecular weight is 378 g/mol. The summed E-state index contributed by atoms with van der Waals surface area (Å²) in [4.78, 5) is 23.0. The quantitative estimate of drug-likeness (QED) is 0.742. The lowest BCUT2D eigenvalue weighted by Crippen LogP contribution is -2.45. The van der Waals surface area contributed by atoms with Crippen molar-refractivity contribution in [1.29, 1.82) is 0 Å². The minimum Gasteiger partial charge on any atom is -0.356 e. The molecule has 8 heteroatoms. The number of rotatable bonds is 6. The van der Waals surface area contributed by atoms with Gasteiger partial charge in [-0.25, -0.2) is 9.97 Å². The standard InChI is InChI=1S/C16H27N5O.2ClH/c1-12-11-15(19-13(2)18-12)21-9-6-14(7-10-21)20-16(22)5-4-8-17-3;;/h11,14,17H,4-10H2,1-3H3,(H,20,22);2*1H. The van der Waals surface area contributed by atoms with E-state index in [2.05, 4.69) is 25.5 Å². The molecule has 0 saturated carbocycles. The second kappa shape index (κ2) is 11.4. The molecule has 1 aliphatic heterocycles. The van der Waals surface area contributed by atoms with Gasteiger partial charge in [0.1, 0.15) is 11.6 Å². The summed E-state index contributed by atoms with van der Waals surface area (Å²) in [6.07, 6.45) is 3.44. The maximum Gasteiger partial charge on any atom is 0.220 e. The van der Waals surface area contributed by atoms with Gasteiger partial charge < -0.3 is 15.5 Å². The van der Waals surface area contributed by atoms with E-state index in [0.717, 1.165) is 56.2 Å². The predicted molar refractivity (Wildman–Crippen MR) is 103 cm³/mol. The van der Waals surface area contributed by atoms with Crippen LogP contribution in [-0.4, -0.2) is 48.6 Å². The smallest absolute Gasteiger partial charge is 0.220 e. The molecule has 1 aromatic rings. The minimum atomic E-state index is 0. The van der Waals surface area contributed by atoms with Gasteiger partial charge in [-0.1, -0.05) is 0 Å². The second-order valence-corrected chi connectivity index (χ2v) is 5.95. The molecule has 1 amide bonds. The van der Waals surface area contributed by atoms with Gasteiger partial charge in [0.25, 0.3) is 0 Å². The first kappa shape index (κ1) is 22.9. The number of amides is 1.